The van der Waals surface area contributed by atoms with Crippen molar-refractivity contribution in [3.8, 4) is 11.5 Å². The molecule has 1 unspecified atom stereocenters. The fourth-order valence-corrected chi connectivity index (χ4v) is 2.81. The fourth-order valence-electron chi connectivity index (χ4n) is 2.81. The molecule has 0 saturated carbocycles. The van der Waals surface area contributed by atoms with Crippen LogP contribution in [0.4, 0.5) is 16.2 Å². The molecule has 0 bridgehead atoms. The summed E-state index contributed by atoms with van der Waals surface area (Å²) in [6.07, 6.45) is 0.647. The zero-order valence-electron chi connectivity index (χ0n) is 17.1. The first-order valence-electron chi connectivity index (χ1n) is 9.79. The minimum Gasteiger partial charge on any atom is -0.457 e. The molecule has 0 saturated heterocycles. The average molecular weight is 402 g/mol. The molecule has 0 fully saturated rings. The SMILES string of the molecule is CNC(C)CC(=N)c1ccc(NC(=O)Nc2ccc(Oc3ccccc3)cc2)cc1. The number of rotatable bonds is 8. The second-order valence-corrected chi connectivity index (χ2v) is 6.97. The van der Waals surface area contributed by atoms with Gasteiger partial charge in [-0.05, 0) is 68.1 Å². The fraction of sp³-hybridized carbons (Fsp3) is 0.167. The van der Waals surface area contributed by atoms with Crippen LogP contribution in [-0.4, -0.2) is 24.8 Å². The quantitative estimate of drug-likeness (QED) is 0.376. The highest BCUT2D eigenvalue weighted by Gasteiger charge is 2.08. The molecule has 30 heavy (non-hydrogen) atoms. The normalized spacial score (nSPS) is 11.4. The first kappa shape index (κ1) is 21.1. The predicted octanol–water partition coefficient (Wildman–Crippen LogP) is 5.49. The van der Waals surface area contributed by atoms with E-state index < -0.39 is 0 Å². The molecule has 0 aliphatic heterocycles. The van der Waals surface area contributed by atoms with Crippen LogP contribution in [-0.2, 0) is 0 Å². The summed E-state index contributed by atoms with van der Waals surface area (Å²) in [5.41, 5.74) is 2.73. The molecule has 0 heterocycles. The monoisotopic (exact) mass is 402 g/mol. The summed E-state index contributed by atoms with van der Waals surface area (Å²) in [6.45, 7) is 2.04. The number of carbonyl (C=O) groups excluding carboxylic acids is 1. The van der Waals surface area contributed by atoms with Crippen LogP contribution in [0.3, 0.4) is 0 Å². The van der Waals surface area contributed by atoms with Crippen molar-refractivity contribution < 1.29 is 9.53 Å². The second kappa shape index (κ2) is 10.2. The standard InChI is InChI=1S/C24H26N4O2/c1-17(26-2)16-23(25)18-8-10-19(11-9-18)27-24(29)28-20-12-14-22(15-13-20)30-21-6-4-3-5-7-21/h3-15,17,25-26H,16H2,1-2H3,(H2,27,28,29). The molecule has 3 rings (SSSR count). The van der Waals surface area contributed by atoms with Crippen LogP contribution in [0.25, 0.3) is 0 Å². The third-order valence-corrected chi connectivity index (χ3v) is 4.59. The van der Waals surface area contributed by atoms with Gasteiger partial charge < -0.3 is 26.1 Å². The highest BCUT2D eigenvalue weighted by molar-refractivity contribution is 6.01. The Morgan fingerprint density at radius 2 is 1.40 bits per heavy atom. The number of amides is 2. The molecule has 0 aliphatic carbocycles. The molecule has 6 heteroatoms. The number of carbonyl (C=O) groups is 1. The number of hydrogen-bond donors (Lipinski definition) is 4. The summed E-state index contributed by atoms with van der Waals surface area (Å²) in [4.78, 5) is 12.3. The van der Waals surface area contributed by atoms with Gasteiger partial charge in [0.15, 0.2) is 0 Å². The molecule has 1 atom stereocenters. The Balaban J connectivity index is 1.52. The zero-order chi connectivity index (χ0) is 21.3. The van der Waals surface area contributed by atoms with Gasteiger partial charge in [-0.3, -0.25) is 0 Å². The Hall–Kier alpha value is -3.64. The van der Waals surface area contributed by atoms with E-state index in [1.165, 1.54) is 0 Å². The second-order valence-electron chi connectivity index (χ2n) is 6.97. The predicted molar refractivity (Wildman–Crippen MR) is 122 cm³/mol. The van der Waals surface area contributed by atoms with E-state index in [2.05, 4.69) is 16.0 Å². The van der Waals surface area contributed by atoms with E-state index in [1.807, 2.05) is 56.4 Å². The third-order valence-electron chi connectivity index (χ3n) is 4.59. The lowest BCUT2D eigenvalue weighted by molar-refractivity contribution is 0.262. The van der Waals surface area contributed by atoms with E-state index >= 15 is 0 Å². The van der Waals surface area contributed by atoms with Crippen LogP contribution >= 0.6 is 0 Å². The van der Waals surface area contributed by atoms with Crippen LogP contribution in [0.5, 0.6) is 11.5 Å². The lowest BCUT2D eigenvalue weighted by Crippen LogP contribution is -2.24. The molecular weight excluding hydrogens is 376 g/mol. The minimum absolute atomic E-state index is 0.241. The van der Waals surface area contributed by atoms with E-state index in [0.29, 0.717) is 29.3 Å². The van der Waals surface area contributed by atoms with E-state index in [1.54, 1.807) is 36.4 Å². The number of urea groups is 1. The maximum Gasteiger partial charge on any atom is 0.323 e. The summed E-state index contributed by atoms with van der Waals surface area (Å²) >= 11 is 0. The molecule has 6 nitrogen and oxygen atoms in total. The minimum atomic E-state index is -0.335. The topological polar surface area (TPSA) is 86.2 Å². The molecule has 0 radical (unpaired) electrons. The van der Waals surface area contributed by atoms with Crippen molar-refractivity contribution in [1.82, 2.24) is 5.32 Å². The third kappa shape index (κ3) is 6.18. The average Bonchev–Trinajstić information content (AvgIpc) is 2.76. The van der Waals surface area contributed by atoms with Crippen LogP contribution in [0.2, 0.25) is 0 Å². The van der Waals surface area contributed by atoms with Crippen molar-refractivity contribution in [2.24, 2.45) is 0 Å². The van der Waals surface area contributed by atoms with Crippen molar-refractivity contribution in [2.45, 2.75) is 19.4 Å². The van der Waals surface area contributed by atoms with Crippen molar-refractivity contribution in [1.29, 1.82) is 5.41 Å². The maximum atomic E-state index is 12.3. The van der Waals surface area contributed by atoms with E-state index in [4.69, 9.17) is 10.1 Å². The number of para-hydroxylation sites is 1. The Morgan fingerprint density at radius 3 is 1.97 bits per heavy atom. The van der Waals surface area contributed by atoms with Gasteiger partial charge in [0.2, 0.25) is 0 Å². The van der Waals surface area contributed by atoms with Crippen LogP contribution in [0.1, 0.15) is 18.9 Å². The molecule has 0 aliphatic rings. The number of hydrogen-bond acceptors (Lipinski definition) is 4. The molecule has 154 valence electrons. The lowest BCUT2D eigenvalue weighted by atomic mass is 10.0. The van der Waals surface area contributed by atoms with Gasteiger partial charge in [0.25, 0.3) is 0 Å². The molecule has 0 aromatic heterocycles. The molecular formula is C24H26N4O2. The van der Waals surface area contributed by atoms with Gasteiger partial charge in [0.1, 0.15) is 11.5 Å². The van der Waals surface area contributed by atoms with Gasteiger partial charge >= 0.3 is 6.03 Å². The number of anilines is 2. The largest absolute Gasteiger partial charge is 0.457 e. The molecule has 3 aromatic rings. The number of ether oxygens (including phenoxy) is 1. The van der Waals surface area contributed by atoms with Gasteiger partial charge in [0.05, 0.1) is 0 Å². The van der Waals surface area contributed by atoms with Gasteiger partial charge in [-0.15, -0.1) is 0 Å². The first-order valence-corrected chi connectivity index (χ1v) is 9.79. The van der Waals surface area contributed by atoms with Gasteiger partial charge in [-0.25, -0.2) is 4.79 Å². The zero-order valence-corrected chi connectivity index (χ0v) is 17.1. The van der Waals surface area contributed by atoms with Gasteiger partial charge in [-0.2, -0.15) is 0 Å². The molecule has 0 spiro atoms. The molecule has 3 aromatic carbocycles. The summed E-state index contributed by atoms with van der Waals surface area (Å²) in [5.74, 6) is 1.45. The van der Waals surface area contributed by atoms with Crippen molar-refractivity contribution >= 4 is 23.1 Å². The molecule has 4 N–H and O–H groups in total. The highest BCUT2D eigenvalue weighted by Crippen LogP contribution is 2.22. The van der Waals surface area contributed by atoms with E-state index in [9.17, 15) is 4.79 Å². The van der Waals surface area contributed by atoms with Crippen LogP contribution < -0.4 is 20.7 Å². The lowest BCUT2D eigenvalue weighted by Gasteiger charge is -2.12. The summed E-state index contributed by atoms with van der Waals surface area (Å²) < 4.78 is 5.75. The Morgan fingerprint density at radius 1 is 0.867 bits per heavy atom. The Bertz CT molecular complexity index is 970. The summed E-state index contributed by atoms with van der Waals surface area (Å²) in [6, 6.07) is 23.9. The number of benzene rings is 3. The van der Waals surface area contributed by atoms with Crippen molar-refractivity contribution in [2.75, 3.05) is 17.7 Å². The first-order chi connectivity index (χ1) is 14.5. The highest BCUT2D eigenvalue weighted by atomic mass is 16.5. The maximum absolute atomic E-state index is 12.3. The van der Waals surface area contributed by atoms with Crippen molar-refractivity contribution in [3.05, 3.63) is 84.4 Å². The van der Waals surface area contributed by atoms with Crippen molar-refractivity contribution in [3.63, 3.8) is 0 Å². The van der Waals surface area contributed by atoms with Gasteiger partial charge in [0, 0.05) is 29.5 Å². The van der Waals surface area contributed by atoms with Crippen LogP contribution in [0.15, 0.2) is 78.9 Å². The van der Waals surface area contributed by atoms with Crippen LogP contribution in [0, 0.1) is 5.41 Å². The number of nitrogens with one attached hydrogen (secondary N) is 4. The van der Waals surface area contributed by atoms with E-state index in [-0.39, 0.29) is 12.1 Å². The Labute approximate surface area is 176 Å². The summed E-state index contributed by atoms with van der Waals surface area (Å²) in [5, 5.41) is 16.9. The smallest absolute Gasteiger partial charge is 0.323 e. The van der Waals surface area contributed by atoms with E-state index in [0.717, 1.165) is 11.3 Å². The molecule has 2 amide bonds. The van der Waals surface area contributed by atoms with Gasteiger partial charge in [-0.1, -0.05) is 30.3 Å². The summed E-state index contributed by atoms with van der Waals surface area (Å²) in [7, 11) is 1.88. The Kier molecular flexibility index (Phi) is 7.19.